The molecule has 0 atom stereocenters. The number of aromatic nitrogens is 3. The Labute approximate surface area is 280 Å². The highest BCUT2D eigenvalue weighted by Crippen LogP contribution is 2.47. The molecule has 6 aromatic rings. The maximum absolute atomic E-state index is 14.6. The van der Waals surface area contributed by atoms with E-state index in [1.54, 1.807) is 0 Å². The van der Waals surface area contributed by atoms with Crippen molar-refractivity contribution in [2.45, 2.75) is 38.9 Å². The average Bonchev–Trinajstić information content (AvgIpc) is 3.12. The molecule has 0 aliphatic rings. The van der Waals surface area contributed by atoms with Crippen molar-refractivity contribution >= 4 is 7.14 Å². The van der Waals surface area contributed by atoms with E-state index in [0.29, 0.717) is 0 Å². The van der Waals surface area contributed by atoms with Crippen LogP contribution < -0.4 is 13.7 Å². The molecule has 3 aromatic heterocycles. The van der Waals surface area contributed by atoms with E-state index in [4.69, 9.17) is 0 Å². The van der Waals surface area contributed by atoms with Gasteiger partial charge in [0, 0.05) is 71.6 Å². The van der Waals surface area contributed by atoms with Crippen molar-refractivity contribution in [3.8, 4) is 0 Å². The SMILES string of the molecule is O=P(CCc1cc[n+](Cc2ccccc2)cc1)(CCc1cc[n+](Cc2ccccc2)cc1)CCc1cc[n+](Cc2ccccc2)cc1. The molecular formula is C42H45N3OP+3. The molecule has 0 aliphatic carbocycles. The molecule has 3 aromatic carbocycles. The molecule has 0 aliphatic heterocycles. The lowest BCUT2D eigenvalue weighted by Crippen LogP contribution is -2.33. The molecule has 3 heterocycles. The molecule has 4 nitrogen and oxygen atoms in total. The Morgan fingerprint density at radius 3 is 0.851 bits per heavy atom. The van der Waals surface area contributed by atoms with Gasteiger partial charge in [-0.05, 0) is 36.0 Å². The maximum Gasteiger partial charge on any atom is 0.173 e. The Hall–Kier alpha value is -4.66. The van der Waals surface area contributed by atoms with Crippen LogP contribution in [0.25, 0.3) is 0 Å². The topological polar surface area (TPSA) is 28.7 Å². The Kier molecular flexibility index (Phi) is 11.2. The van der Waals surface area contributed by atoms with Crippen LogP contribution in [0.5, 0.6) is 0 Å². The lowest BCUT2D eigenvalue weighted by atomic mass is 10.2. The first-order valence-corrected chi connectivity index (χ1v) is 19.0. The van der Waals surface area contributed by atoms with E-state index < -0.39 is 7.14 Å². The van der Waals surface area contributed by atoms with Crippen LogP contribution >= 0.6 is 7.14 Å². The normalized spacial score (nSPS) is 11.4. The van der Waals surface area contributed by atoms with E-state index >= 15 is 0 Å². The summed E-state index contributed by atoms with van der Waals surface area (Å²) in [7, 11) is -2.44. The Morgan fingerprint density at radius 2 is 0.596 bits per heavy atom. The molecule has 5 heteroatoms. The molecule has 6 rings (SSSR count). The van der Waals surface area contributed by atoms with Crippen LogP contribution in [-0.2, 0) is 43.5 Å². The molecule has 236 valence electrons. The van der Waals surface area contributed by atoms with Crippen molar-refractivity contribution in [2.75, 3.05) is 18.5 Å². The molecule has 0 unspecified atom stereocenters. The predicted octanol–water partition coefficient (Wildman–Crippen LogP) is 7.09. The maximum atomic E-state index is 14.6. The highest BCUT2D eigenvalue weighted by Gasteiger charge is 2.23. The second-order valence-electron chi connectivity index (χ2n) is 12.6. The molecular weight excluding hydrogens is 593 g/mol. The van der Waals surface area contributed by atoms with E-state index in [1.165, 1.54) is 33.4 Å². The van der Waals surface area contributed by atoms with Crippen LogP contribution in [0.1, 0.15) is 33.4 Å². The summed E-state index contributed by atoms with van der Waals surface area (Å²) in [5, 5.41) is 0. The van der Waals surface area contributed by atoms with Crippen LogP contribution in [0.4, 0.5) is 0 Å². The minimum absolute atomic E-state index is 0.734. The van der Waals surface area contributed by atoms with Crippen molar-refractivity contribution in [2.24, 2.45) is 0 Å². The largest absolute Gasteiger partial charge is 0.324 e. The van der Waals surface area contributed by atoms with E-state index in [-0.39, 0.29) is 0 Å². The van der Waals surface area contributed by atoms with Gasteiger partial charge in [0.05, 0.1) is 7.14 Å². The van der Waals surface area contributed by atoms with Crippen molar-refractivity contribution in [3.05, 3.63) is 198 Å². The van der Waals surface area contributed by atoms with Crippen LogP contribution in [0, 0.1) is 0 Å². The Bertz CT molecular complexity index is 1620. The van der Waals surface area contributed by atoms with Crippen molar-refractivity contribution in [1.29, 1.82) is 0 Å². The fourth-order valence-electron chi connectivity index (χ4n) is 6.00. The molecule has 0 bridgehead atoms. The van der Waals surface area contributed by atoms with Gasteiger partial charge in [0.1, 0.15) is 0 Å². The van der Waals surface area contributed by atoms with Gasteiger partial charge in [-0.2, -0.15) is 0 Å². The quantitative estimate of drug-likeness (QED) is 0.0873. The van der Waals surface area contributed by atoms with Crippen molar-refractivity contribution in [1.82, 2.24) is 0 Å². The fourth-order valence-corrected chi connectivity index (χ4v) is 8.67. The minimum Gasteiger partial charge on any atom is -0.324 e. The van der Waals surface area contributed by atoms with Gasteiger partial charge in [0.15, 0.2) is 56.8 Å². The number of hydrogen-bond donors (Lipinski definition) is 0. The minimum atomic E-state index is -2.44. The summed E-state index contributed by atoms with van der Waals surface area (Å²) < 4.78 is 21.3. The number of aryl methyl sites for hydroxylation is 3. The summed E-state index contributed by atoms with van der Waals surface area (Å²) in [5.74, 6) is 0. The third kappa shape index (κ3) is 10.2. The second kappa shape index (κ2) is 16.3. The number of benzene rings is 3. The van der Waals surface area contributed by atoms with Gasteiger partial charge in [0.25, 0.3) is 0 Å². The zero-order valence-corrected chi connectivity index (χ0v) is 28.0. The predicted molar refractivity (Wildman–Crippen MR) is 190 cm³/mol. The smallest absolute Gasteiger partial charge is 0.173 e. The van der Waals surface area contributed by atoms with E-state index in [2.05, 4.69) is 178 Å². The molecule has 0 saturated carbocycles. The Morgan fingerprint density at radius 1 is 0.340 bits per heavy atom. The van der Waals surface area contributed by atoms with Gasteiger partial charge < -0.3 is 4.57 Å². The van der Waals surface area contributed by atoms with E-state index in [0.717, 1.165) is 57.4 Å². The number of hydrogen-bond acceptors (Lipinski definition) is 1. The van der Waals surface area contributed by atoms with Gasteiger partial charge in [-0.15, -0.1) is 0 Å². The third-order valence-electron chi connectivity index (χ3n) is 8.93. The van der Waals surface area contributed by atoms with Gasteiger partial charge in [-0.3, -0.25) is 0 Å². The molecule has 0 amide bonds. The number of rotatable bonds is 15. The van der Waals surface area contributed by atoms with Gasteiger partial charge in [-0.25, -0.2) is 13.7 Å². The van der Waals surface area contributed by atoms with E-state index in [1.807, 2.05) is 0 Å². The summed E-state index contributed by atoms with van der Waals surface area (Å²) in [4.78, 5) is 0. The zero-order chi connectivity index (χ0) is 32.2. The van der Waals surface area contributed by atoms with Crippen LogP contribution in [0.15, 0.2) is 165 Å². The highest BCUT2D eigenvalue weighted by atomic mass is 31.2. The fraction of sp³-hybridized carbons (Fsp3) is 0.214. The van der Waals surface area contributed by atoms with E-state index in [9.17, 15) is 4.57 Å². The molecule has 47 heavy (non-hydrogen) atoms. The Balaban J connectivity index is 1.09. The molecule has 0 saturated heterocycles. The first-order chi connectivity index (χ1) is 23.1. The monoisotopic (exact) mass is 638 g/mol. The van der Waals surface area contributed by atoms with Gasteiger partial charge in [-0.1, -0.05) is 91.0 Å². The first kappa shape index (κ1) is 32.3. The molecule has 0 spiro atoms. The summed E-state index contributed by atoms with van der Waals surface area (Å²) in [6.07, 6.45) is 17.6. The van der Waals surface area contributed by atoms with Crippen molar-refractivity contribution < 1.29 is 18.3 Å². The van der Waals surface area contributed by atoms with Crippen LogP contribution in [0.3, 0.4) is 0 Å². The van der Waals surface area contributed by atoms with Gasteiger partial charge >= 0.3 is 0 Å². The van der Waals surface area contributed by atoms with Crippen molar-refractivity contribution in [3.63, 3.8) is 0 Å². The number of nitrogens with zero attached hydrogens (tertiary/aromatic N) is 3. The van der Waals surface area contributed by atoms with Crippen LogP contribution in [0.2, 0.25) is 0 Å². The van der Waals surface area contributed by atoms with Gasteiger partial charge in [0.2, 0.25) is 0 Å². The lowest BCUT2D eigenvalue weighted by molar-refractivity contribution is -0.688. The highest BCUT2D eigenvalue weighted by molar-refractivity contribution is 7.63. The number of pyridine rings is 3. The molecule has 0 radical (unpaired) electrons. The standard InChI is InChI=1S/C42H45N3OP/c46-47(31-22-37-16-25-43(26-17-37)34-40-10-4-1-5-11-40,32-23-38-18-27-44(28-19-38)35-41-12-6-2-7-13-41)33-24-39-20-29-45(30-21-39)36-42-14-8-3-9-15-42/h1-21,25-30H,22-24,31-36H2/q+3. The summed E-state index contributed by atoms with van der Waals surface area (Å²) in [6.45, 7) is 2.55. The first-order valence-electron chi connectivity index (χ1n) is 16.7. The van der Waals surface area contributed by atoms with Crippen LogP contribution in [-0.4, -0.2) is 18.5 Å². The third-order valence-corrected chi connectivity index (χ3v) is 12.0. The second-order valence-corrected chi connectivity index (χ2v) is 16.0. The average molecular weight is 639 g/mol. The zero-order valence-electron chi connectivity index (χ0n) is 27.1. The molecule has 0 N–H and O–H groups in total. The molecule has 0 fully saturated rings. The lowest BCUT2D eigenvalue weighted by Gasteiger charge is -2.18. The summed E-state index contributed by atoms with van der Waals surface area (Å²) >= 11 is 0. The summed E-state index contributed by atoms with van der Waals surface area (Å²) in [6, 6.07) is 44.7. The summed E-state index contributed by atoms with van der Waals surface area (Å²) in [5.41, 5.74) is 7.60.